The Hall–Kier alpha value is -0.460. The Labute approximate surface area is 188 Å². The Morgan fingerprint density at radius 3 is 2.43 bits per heavy atom. The van der Waals surface area contributed by atoms with E-state index in [2.05, 4.69) is 22.8 Å². The molecule has 1 saturated carbocycles. The van der Waals surface area contributed by atoms with Crippen LogP contribution in [0.2, 0.25) is 0 Å². The van der Waals surface area contributed by atoms with Gasteiger partial charge in [-0.1, -0.05) is 0 Å². The highest BCUT2D eigenvalue weighted by atomic mass is 35.5. The van der Waals surface area contributed by atoms with E-state index in [9.17, 15) is 0 Å². The monoisotopic (exact) mass is 452 g/mol. The third-order valence-corrected chi connectivity index (χ3v) is 6.22. The van der Waals surface area contributed by atoms with Crippen molar-refractivity contribution in [1.29, 1.82) is 0 Å². The largest absolute Gasteiger partial charge is 0.493 e. The van der Waals surface area contributed by atoms with E-state index >= 15 is 0 Å². The van der Waals surface area contributed by atoms with E-state index in [0.717, 1.165) is 56.6 Å². The summed E-state index contributed by atoms with van der Waals surface area (Å²) in [6.07, 6.45) is 7.47. The number of hydrogen-bond acceptors (Lipinski definition) is 5. The van der Waals surface area contributed by atoms with E-state index in [0.29, 0.717) is 6.04 Å². The molecule has 1 aromatic rings. The van der Waals surface area contributed by atoms with Gasteiger partial charge in [-0.3, -0.25) is 4.90 Å². The van der Waals surface area contributed by atoms with Crippen molar-refractivity contribution in [3.05, 3.63) is 17.3 Å². The number of nitrogens with two attached hydrogens (primary N) is 1. The van der Waals surface area contributed by atoms with Gasteiger partial charge in [0.1, 0.15) is 11.6 Å². The Bertz CT molecular complexity index is 603. The van der Waals surface area contributed by atoms with E-state index in [1.807, 2.05) is 0 Å². The van der Waals surface area contributed by atoms with Gasteiger partial charge in [0.2, 0.25) is 0 Å². The number of halogens is 3. The maximum absolute atomic E-state index is 6.02. The molecular formula is C20H35Cl3N4O. The van der Waals surface area contributed by atoms with Crippen molar-refractivity contribution in [2.45, 2.75) is 51.5 Å². The Morgan fingerprint density at radius 2 is 1.75 bits per heavy atom. The minimum Gasteiger partial charge on any atom is -0.493 e. The van der Waals surface area contributed by atoms with Crippen LogP contribution in [-0.4, -0.2) is 55.3 Å². The highest BCUT2D eigenvalue weighted by Gasteiger charge is 2.26. The van der Waals surface area contributed by atoms with Gasteiger partial charge >= 0.3 is 0 Å². The Balaban J connectivity index is 0.00000131. The average molecular weight is 454 g/mol. The van der Waals surface area contributed by atoms with Crippen LogP contribution in [0.1, 0.15) is 43.4 Å². The van der Waals surface area contributed by atoms with Gasteiger partial charge in [0.25, 0.3) is 0 Å². The van der Waals surface area contributed by atoms with Gasteiger partial charge in [-0.2, -0.15) is 0 Å². The molecule has 0 unspecified atom stereocenters. The maximum Gasteiger partial charge on any atom is 0.135 e. The molecule has 28 heavy (non-hydrogen) atoms. The van der Waals surface area contributed by atoms with Crippen molar-refractivity contribution in [1.82, 2.24) is 9.88 Å². The molecule has 2 aliphatic heterocycles. The van der Waals surface area contributed by atoms with Gasteiger partial charge in [0.05, 0.1) is 6.61 Å². The van der Waals surface area contributed by atoms with Crippen LogP contribution < -0.4 is 15.4 Å². The number of aryl methyl sites for hydroxylation is 1. The fourth-order valence-corrected chi connectivity index (χ4v) is 4.57. The molecule has 162 valence electrons. The first-order valence-electron chi connectivity index (χ1n) is 10.1. The number of fused-ring (bicyclic) bond motifs is 1. The summed E-state index contributed by atoms with van der Waals surface area (Å²) < 4.78 is 5.76. The van der Waals surface area contributed by atoms with Gasteiger partial charge in [-0.15, -0.1) is 37.2 Å². The molecule has 0 bridgehead atoms. The number of piperazine rings is 1. The summed E-state index contributed by atoms with van der Waals surface area (Å²) >= 11 is 0. The summed E-state index contributed by atoms with van der Waals surface area (Å²) in [6.45, 7) is 8.58. The summed E-state index contributed by atoms with van der Waals surface area (Å²) in [5, 5.41) is 0. The number of anilines is 1. The molecule has 2 fully saturated rings. The van der Waals surface area contributed by atoms with Gasteiger partial charge in [0.15, 0.2) is 0 Å². The second kappa shape index (κ2) is 11.7. The molecule has 0 amide bonds. The highest BCUT2D eigenvalue weighted by Crippen LogP contribution is 2.34. The fraction of sp³-hybridized carbons (Fsp3) is 0.750. The zero-order valence-electron chi connectivity index (χ0n) is 16.8. The van der Waals surface area contributed by atoms with E-state index < -0.39 is 0 Å². The van der Waals surface area contributed by atoms with Gasteiger partial charge in [0, 0.05) is 56.0 Å². The fourth-order valence-electron chi connectivity index (χ4n) is 4.57. The highest BCUT2D eigenvalue weighted by molar-refractivity contribution is 5.86. The number of aromatic nitrogens is 1. The first-order chi connectivity index (χ1) is 12.2. The van der Waals surface area contributed by atoms with Gasteiger partial charge in [-0.25, -0.2) is 4.98 Å². The number of rotatable bonds is 4. The summed E-state index contributed by atoms with van der Waals surface area (Å²) in [5.41, 5.74) is 8.41. The quantitative estimate of drug-likeness (QED) is 0.754. The minimum atomic E-state index is 0. The van der Waals surface area contributed by atoms with Crippen LogP contribution in [-0.2, 0) is 6.42 Å². The minimum absolute atomic E-state index is 0. The maximum atomic E-state index is 6.02. The second-order valence-corrected chi connectivity index (χ2v) is 8.06. The lowest BCUT2D eigenvalue weighted by Gasteiger charge is -2.37. The topological polar surface area (TPSA) is 54.6 Å². The predicted octanol–water partition coefficient (Wildman–Crippen LogP) is 3.62. The molecule has 1 aliphatic carbocycles. The third-order valence-electron chi connectivity index (χ3n) is 6.22. The molecule has 4 rings (SSSR count). The van der Waals surface area contributed by atoms with Gasteiger partial charge in [-0.05, 0) is 51.5 Å². The van der Waals surface area contributed by atoms with Gasteiger partial charge < -0.3 is 15.4 Å². The molecule has 1 saturated heterocycles. The lowest BCUT2D eigenvalue weighted by atomic mass is 9.84. The number of hydrogen-bond donors (Lipinski definition) is 1. The molecule has 1 aromatic heterocycles. The molecule has 0 radical (unpaired) electrons. The van der Waals surface area contributed by atoms with Crippen molar-refractivity contribution >= 4 is 43.0 Å². The van der Waals surface area contributed by atoms with Crippen LogP contribution in [0.4, 0.5) is 5.82 Å². The summed E-state index contributed by atoms with van der Waals surface area (Å²) in [4.78, 5) is 9.94. The summed E-state index contributed by atoms with van der Waals surface area (Å²) in [7, 11) is 0. The summed E-state index contributed by atoms with van der Waals surface area (Å²) in [6, 6.07) is 2.55. The van der Waals surface area contributed by atoms with Crippen LogP contribution in [0, 0.1) is 12.8 Å². The zero-order valence-corrected chi connectivity index (χ0v) is 19.2. The molecule has 3 heterocycles. The van der Waals surface area contributed by atoms with Crippen LogP contribution in [0.15, 0.2) is 6.07 Å². The first-order valence-corrected chi connectivity index (χ1v) is 10.1. The van der Waals surface area contributed by atoms with Crippen LogP contribution >= 0.6 is 37.2 Å². The summed E-state index contributed by atoms with van der Waals surface area (Å²) in [5.74, 6) is 3.13. The SMILES string of the molecule is Cc1cc2c(c(N3CCN(CCC4CCC(N)CC4)CC3)n1)CCO2.Cl.Cl.Cl. The van der Waals surface area contributed by atoms with E-state index in [1.165, 1.54) is 50.0 Å². The number of ether oxygens (including phenoxy) is 1. The molecule has 0 spiro atoms. The Morgan fingerprint density at radius 1 is 1.07 bits per heavy atom. The standard InChI is InChI=1S/C20H32N4O.3ClH/c1-15-14-19-18(7-13-25-19)20(22-15)24-11-9-23(10-12-24)8-6-16-2-4-17(21)5-3-16;;;/h14,16-17H,2-13,21H2,1H3;3*1H. The van der Waals surface area contributed by atoms with Crippen LogP contribution in [0.25, 0.3) is 0 Å². The predicted molar refractivity (Wildman–Crippen MR) is 123 cm³/mol. The lowest BCUT2D eigenvalue weighted by Crippen LogP contribution is -2.47. The lowest BCUT2D eigenvalue weighted by molar-refractivity contribution is 0.216. The smallest absolute Gasteiger partial charge is 0.135 e. The third kappa shape index (κ3) is 6.02. The first kappa shape index (κ1) is 25.6. The van der Waals surface area contributed by atoms with Crippen molar-refractivity contribution in [3.8, 4) is 5.75 Å². The normalized spacial score (nSPS) is 24.3. The van der Waals surface area contributed by atoms with E-state index in [4.69, 9.17) is 15.5 Å². The molecule has 3 aliphatic rings. The zero-order chi connectivity index (χ0) is 17.2. The van der Waals surface area contributed by atoms with Crippen LogP contribution in [0.5, 0.6) is 5.75 Å². The Kier molecular flexibility index (Phi) is 10.6. The van der Waals surface area contributed by atoms with Crippen molar-refractivity contribution < 1.29 is 4.74 Å². The van der Waals surface area contributed by atoms with Crippen molar-refractivity contribution in [2.75, 3.05) is 44.2 Å². The van der Waals surface area contributed by atoms with Crippen LogP contribution in [0.3, 0.4) is 0 Å². The molecule has 0 aromatic carbocycles. The number of nitrogens with zero attached hydrogens (tertiary/aromatic N) is 3. The van der Waals surface area contributed by atoms with E-state index in [1.54, 1.807) is 0 Å². The van der Waals surface area contributed by atoms with Crippen molar-refractivity contribution in [3.63, 3.8) is 0 Å². The molecule has 5 nitrogen and oxygen atoms in total. The molecular weight excluding hydrogens is 419 g/mol. The molecule has 2 N–H and O–H groups in total. The molecule has 8 heteroatoms. The second-order valence-electron chi connectivity index (χ2n) is 8.06. The van der Waals surface area contributed by atoms with E-state index in [-0.39, 0.29) is 37.2 Å². The number of pyridine rings is 1. The average Bonchev–Trinajstić information content (AvgIpc) is 3.09. The molecule has 0 atom stereocenters. The van der Waals surface area contributed by atoms with Crippen molar-refractivity contribution in [2.24, 2.45) is 11.7 Å².